The summed E-state index contributed by atoms with van der Waals surface area (Å²) in [7, 11) is 0. The molecule has 111 valence electrons. The van der Waals surface area contributed by atoms with Crippen LogP contribution >= 0.6 is 0 Å². The molecular weight excluding hydrogens is 296 g/mol. The maximum absolute atomic E-state index is 11.1. The fourth-order valence-electron chi connectivity index (χ4n) is 1.96. The van der Waals surface area contributed by atoms with Gasteiger partial charge in [0.05, 0.1) is 22.3 Å². The largest absolute Gasteiger partial charge is 0.478 e. The molecule has 0 saturated carbocycles. The van der Waals surface area contributed by atoms with Gasteiger partial charge in [-0.2, -0.15) is 0 Å². The van der Waals surface area contributed by atoms with E-state index in [2.05, 4.69) is 6.07 Å². The minimum atomic E-state index is -1.54. The lowest BCUT2D eigenvalue weighted by atomic mass is 9.96. The molecule has 4 N–H and O–H groups in total. The lowest BCUT2D eigenvalue weighted by Crippen LogP contribution is -2.10. The number of hydrogen-bond acceptors (Lipinski definition) is 4. The van der Waals surface area contributed by atoms with Gasteiger partial charge in [0.25, 0.3) is 0 Å². The van der Waals surface area contributed by atoms with E-state index in [1.807, 2.05) is 0 Å². The zero-order valence-corrected chi connectivity index (χ0v) is 10.7. The Labute approximate surface area is 121 Å². The van der Waals surface area contributed by atoms with Gasteiger partial charge in [0.15, 0.2) is 0 Å². The molecule has 0 amide bonds. The van der Waals surface area contributed by atoms with Crippen LogP contribution in [0.3, 0.4) is 0 Å². The number of carboxylic acids is 4. The second kappa shape index (κ2) is 5.17. The highest BCUT2D eigenvalue weighted by atomic mass is 16.4. The molecule has 0 aliphatic heterocycles. The van der Waals surface area contributed by atoms with Gasteiger partial charge < -0.3 is 20.4 Å². The van der Waals surface area contributed by atoms with E-state index in [-0.39, 0.29) is 10.8 Å². The van der Waals surface area contributed by atoms with Crippen molar-refractivity contribution in [3.05, 3.63) is 46.5 Å². The number of benzene rings is 2. The van der Waals surface area contributed by atoms with Gasteiger partial charge in [0.2, 0.25) is 0 Å². The zero-order valence-electron chi connectivity index (χ0n) is 10.7. The van der Waals surface area contributed by atoms with Crippen LogP contribution in [-0.4, -0.2) is 44.3 Å². The smallest absolute Gasteiger partial charge is 0.337 e. The Bertz CT molecular complexity index is 712. The minimum Gasteiger partial charge on any atom is -0.478 e. The van der Waals surface area contributed by atoms with Crippen LogP contribution < -0.4 is 0 Å². The molecule has 0 aliphatic carbocycles. The summed E-state index contributed by atoms with van der Waals surface area (Å²) in [5.74, 6) is -6.07. The highest BCUT2D eigenvalue weighted by Gasteiger charge is 2.21. The molecule has 0 bridgehead atoms. The van der Waals surface area contributed by atoms with E-state index in [0.29, 0.717) is 0 Å². The number of carboxylic acid groups (broad SMARTS) is 4. The summed E-state index contributed by atoms with van der Waals surface area (Å²) in [6, 6.07) is 5.18. The van der Waals surface area contributed by atoms with E-state index in [9.17, 15) is 19.2 Å². The van der Waals surface area contributed by atoms with Gasteiger partial charge in [-0.1, -0.05) is 0 Å². The zero-order chi connectivity index (χ0) is 16.6. The van der Waals surface area contributed by atoms with Gasteiger partial charge in [-0.05, 0) is 29.0 Å². The number of carbonyl (C=O) groups is 4. The molecule has 8 heteroatoms. The van der Waals surface area contributed by atoms with Crippen molar-refractivity contribution in [3.8, 4) is 0 Å². The van der Waals surface area contributed by atoms with Crippen molar-refractivity contribution < 1.29 is 39.6 Å². The Hall–Kier alpha value is -3.42. The van der Waals surface area contributed by atoms with Gasteiger partial charge in [-0.15, -0.1) is 0 Å². The third-order valence-electron chi connectivity index (χ3n) is 2.92. The van der Waals surface area contributed by atoms with Gasteiger partial charge in [-0.25, -0.2) is 19.2 Å². The standard InChI is InChI=1S/C14H7O8/c15-11(16)7-1-5-2-9(13(19)20)10(14(21)22)4-6(5)3-8(7)12(17)18/h1-3H,(H,15,16)(H,17,18)(H,19,20)(H,21,22). The Morgan fingerprint density at radius 1 is 0.682 bits per heavy atom. The second-order valence-electron chi connectivity index (χ2n) is 4.26. The van der Waals surface area contributed by atoms with Gasteiger partial charge in [0.1, 0.15) is 0 Å². The average Bonchev–Trinajstić information content (AvgIpc) is 2.43. The van der Waals surface area contributed by atoms with Gasteiger partial charge in [-0.3, -0.25) is 0 Å². The molecule has 22 heavy (non-hydrogen) atoms. The fourth-order valence-corrected chi connectivity index (χ4v) is 1.96. The van der Waals surface area contributed by atoms with Crippen LogP contribution in [0, 0.1) is 6.07 Å². The van der Waals surface area contributed by atoms with Gasteiger partial charge >= 0.3 is 23.9 Å². The predicted octanol–water partition coefficient (Wildman–Crippen LogP) is 1.43. The van der Waals surface area contributed by atoms with Crippen molar-refractivity contribution in [1.29, 1.82) is 0 Å². The van der Waals surface area contributed by atoms with Crippen molar-refractivity contribution in [3.63, 3.8) is 0 Å². The van der Waals surface area contributed by atoms with E-state index in [0.717, 1.165) is 18.2 Å². The number of rotatable bonds is 4. The molecule has 0 heterocycles. The number of fused-ring (bicyclic) bond motifs is 1. The summed E-state index contributed by atoms with van der Waals surface area (Å²) in [6.07, 6.45) is 0. The van der Waals surface area contributed by atoms with Gasteiger partial charge in [0, 0.05) is 6.07 Å². The lowest BCUT2D eigenvalue weighted by molar-refractivity contribution is 0.0650. The molecule has 2 rings (SSSR count). The average molecular weight is 303 g/mol. The molecule has 1 radical (unpaired) electrons. The van der Waals surface area contributed by atoms with Crippen LogP contribution in [0.2, 0.25) is 0 Å². The quantitative estimate of drug-likeness (QED) is 0.662. The van der Waals surface area contributed by atoms with E-state index in [1.54, 1.807) is 0 Å². The summed E-state index contributed by atoms with van der Waals surface area (Å²) in [4.78, 5) is 44.3. The molecule has 0 fully saturated rings. The second-order valence-corrected chi connectivity index (χ2v) is 4.26. The molecule has 0 saturated heterocycles. The Kier molecular flexibility index (Phi) is 3.52. The first-order valence-electron chi connectivity index (χ1n) is 5.69. The van der Waals surface area contributed by atoms with Crippen LogP contribution in [0.1, 0.15) is 41.4 Å². The van der Waals surface area contributed by atoms with Crippen LogP contribution in [0.25, 0.3) is 10.8 Å². The van der Waals surface area contributed by atoms with Crippen molar-refractivity contribution >= 4 is 34.6 Å². The Balaban J connectivity index is 2.90. The SMILES string of the molecule is O=C(O)c1[c]c2cc(C(=O)O)c(C(=O)O)cc2cc1C(=O)O. The third-order valence-corrected chi connectivity index (χ3v) is 2.92. The summed E-state index contributed by atoms with van der Waals surface area (Å²) in [5.41, 5.74) is -2.29. The molecule has 0 unspecified atom stereocenters. The number of hydrogen-bond donors (Lipinski definition) is 4. The van der Waals surface area contributed by atoms with Crippen LogP contribution in [0.4, 0.5) is 0 Å². The molecule has 2 aromatic carbocycles. The van der Waals surface area contributed by atoms with Crippen LogP contribution in [0.5, 0.6) is 0 Å². The Morgan fingerprint density at radius 3 is 1.59 bits per heavy atom. The van der Waals surface area contributed by atoms with E-state index >= 15 is 0 Å². The molecule has 0 spiro atoms. The summed E-state index contributed by atoms with van der Waals surface area (Å²) in [6.45, 7) is 0. The maximum atomic E-state index is 11.1. The molecule has 2 aromatic rings. The third kappa shape index (κ3) is 2.44. The first kappa shape index (κ1) is 15.0. The maximum Gasteiger partial charge on any atom is 0.337 e. The van der Waals surface area contributed by atoms with Crippen molar-refractivity contribution in [2.45, 2.75) is 0 Å². The monoisotopic (exact) mass is 303 g/mol. The number of aromatic carboxylic acids is 4. The fraction of sp³-hybridized carbons (Fsp3) is 0. The van der Waals surface area contributed by atoms with Crippen molar-refractivity contribution in [2.24, 2.45) is 0 Å². The normalized spacial score (nSPS) is 10.4. The highest BCUT2D eigenvalue weighted by molar-refractivity contribution is 6.10. The van der Waals surface area contributed by atoms with Crippen LogP contribution in [-0.2, 0) is 0 Å². The van der Waals surface area contributed by atoms with Crippen molar-refractivity contribution in [2.75, 3.05) is 0 Å². The lowest BCUT2D eigenvalue weighted by Gasteiger charge is -2.08. The molecule has 0 atom stereocenters. The minimum absolute atomic E-state index is 0.00944. The predicted molar refractivity (Wildman–Crippen MR) is 70.6 cm³/mol. The molecular formula is C14H7O8. The highest BCUT2D eigenvalue weighted by Crippen LogP contribution is 2.24. The summed E-state index contributed by atoms with van der Waals surface area (Å²) >= 11 is 0. The van der Waals surface area contributed by atoms with E-state index < -0.39 is 46.1 Å². The summed E-state index contributed by atoms with van der Waals surface area (Å²) in [5, 5.41) is 36.1. The van der Waals surface area contributed by atoms with E-state index in [4.69, 9.17) is 20.4 Å². The van der Waals surface area contributed by atoms with Crippen LogP contribution in [0.15, 0.2) is 18.2 Å². The molecule has 0 aliphatic rings. The molecule has 8 nitrogen and oxygen atoms in total. The van der Waals surface area contributed by atoms with E-state index in [1.165, 1.54) is 0 Å². The molecule has 0 aromatic heterocycles. The first-order valence-corrected chi connectivity index (χ1v) is 5.69. The van der Waals surface area contributed by atoms with Crippen molar-refractivity contribution in [1.82, 2.24) is 0 Å². The summed E-state index contributed by atoms with van der Waals surface area (Å²) < 4.78 is 0. The topological polar surface area (TPSA) is 149 Å². The first-order chi connectivity index (χ1) is 10.2. The Morgan fingerprint density at radius 2 is 1.14 bits per heavy atom.